The summed E-state index contributed by atoms with van der Waals surface area (Å²) >= 11 is 2.05. The van der Waals surface area contributed by atoms with E-state index in [4.69, 9.17) is 10.2 Å². The molecule has 0 aliphatic carbocycles. The molecule has 0 saturated carbocycles. The third-order valence-electron chi connectivity index (χ3n) is 3.09. The van der Waals surface area contributed by atoms with E-state index in [1.807, 2.05) is 11.8 Å². The van der Waals surface area contributed by atoms with E-state index in [0.29, 0.717) is 25.0 Å². The van der Waals surface area contributed by atoms with E-state index in [0.717, 1.165) is 12.8 Å². The summed E-state index contributed by atoms with van der Waals surface area (Å²) in [6, 6.07) is 0. The Morgan fingerprint density at radius 2 is 1.18 bits per heavy atom. The summed E-state index contributed by atoms with van der Waals surface area (Å²) in [6.07, 6.45) is 7.37. The van der Waals surface area contributed by atoms with Crippen LogP contribution in [0.25, 0.3) is 0 Å². The van der Waals surface area contributed by atoms with Crippen molar-refractivity contribution in [2.45, 2.75) is 52.4 Å². The fraction of sp³-hybridized carbons (Fsp3) is 1.00. The van der Waals surface area contributed by atoms with Crippen LogP contribution in [-0.2, 0) is 0 Å². The highest BCUT2D eigenvalue weighted by molar-refractivity contribution is 7.99. The van der Waals surface area contributed by atoms with Crippen molar-refractivity contribution in [2.75, 3.05) is 24.7 Å². The van der Waals surface area contributed by atoms with Gasteiger partial charge in [0.1, 0.15) is 0 Å². The molecule has 17 heavy (non-hydrogen) atoms. The molecule has 2 unspecified atom stereocenters. The number of aliphatic hydroxyl groups excluding tert-OH is 2. The lowest BCUT2D eigenvalue weighted by molar-refractivity contribution is 0.228. The Hall–Kier alpha value is 0.270. The minimum Gasteiger partial charge on any atom is -0.396 e. The molecule has 0 radical (unpaired) electrons. The van der Waals surface area contributed by atoms with Gasteiger partial charge >= 0.3 is 0 Å². The van der Waals surface area contributed by atoms with Crippen LogP contribution < -0.4 is 0 Å². The number of unbranched alkanes of at least 4 members (excludes halogenated alkanes) is 2. The van der Waals surface area contributed by atoms with Crippen LogP contribution in [0.1, 0.15) is 52.4 Å². The highest BCUT2D eigenvalue weighted by Crippen LogP contribution is 2.14. The summed E-state index contributed by atoms with van der Waals surface area (Å²) in [5.41, 5.74) is 0. The first-order valence-electron chi connectivity index (χ1n) is 7.00. The maximum atomic E-state index is 8.88. The molecule has 0 aromatic heterocycles. The van der Waals surface area contributed by atoms with Crippen LogP contribution in [0.15, 0.2) is 0 Å². The summed E-state index contributed by atoms with van der Waals surface area (Å²) in [4.78, 5) is 0. The van der Waals surface area contributed by atoms with Crippen molar-refractivity contribution in [3.8, 4) is 0 Å². The van der Waals surface area contributed by atoms with E-state index >= 15 is 0 Å². The molecule has 2 nitrogen and oxygen atoms in total. The predicted molar refractivity (Wildman–Crippen MR) is 77.5 cm³/mol. The molecule has 0 aromatic rings. The molecule has 0 spiro atoms. The Bertz CT molecular complexity index is 137. The highest BCUT2D eigenvalue weighted by atomic mass is 32.2. The first-order chi connectivity index (χ1) is 8.20. The summed E-state index contributed by atoms with van der Waals surface area (Å²) in [5, 5.41) is 17.8. The molecule has 0 saturated heterocycles. The second-order valence-electron chi connectivity index (χ2n) is 5.18. The molecule has 0 rings (SSSR count). The monoisotopic (exact) mass is 262 g/mol. The molecular weight excluding hydrogens is 232 g/mol. The van der Waals surface area contributed by atoms with Gasteiger partial charge in [-0.05, 0) is 49.0 Å². The fourth-order valence-corrected chi connectivity index (χ4v) is 2.70. The van der Waals surface area contributed by atoms with E-state index in [2.05, 4.69) is 13.8 Å². The van der Waals surface area contributed by atoms with Crippen molar-refractivity contribution < 1.29 is 10.2 Å². The summed E-state index contributed by atoms with van der Waals surface area (Å²) < 4.78 is 0. The van der Waals surface area contributed by atoms with Gasteiger partial charge in [-0.3, -0.25) is 0 Å². The molecule has 0 aromatic carbocycles. The zero-order chi connectivity index (χ0) is 12.9. The number of rotatable bonds is 12. The van der Waals surface area contributed by atoms with Gasteiger partial charge in [0.25, 0.3) is 0 Å². The Morgan fingerprint density at radius 3 is 1.53 bits per heavy atom. The van der Waals surface area contributed by atoms with Gasteiger partial charge in [0, 0.05) is 13.2 Å². The topological polar surface area (TPSA) is 40.5 Å². The summed E-state index contributed by atoms with van der Waals surface area (Å²) in [5.74, 6) is 3.46. The van der Waals surface area contributed by atoms with Crippen molar-refractivity contribution in [2.24, 2.45) is 11.8 Å². The van der Waals surface area contributed by atoms with Crippen LogP contribution in [0.3, 0.4) is 0 Å². The van der Waals surface area contributed by atoms with Crippen molar-refractivity contribution in [3.63, 3.8) is 0 Å². The minimum atomic E-state index is 0.330. The molecule has 104 valence electrons. The summed E-state index contributed by atoms with van der Waals surface area (Å²) in [6.45, 7) is 4.87. The number of thioether (sulfide) groups is 1. The fourth-order valence-electron chi connectivity index (χ4n) is 1.68. The van der Waals surface area contributed by atoms with Gasteiger partial charge in [0.05, 0.1) is 0 Å². The molecule has 0 aliphatic heterocycles. The zero-order valence-corrected chi connectivity index (χ0v) is 12.3. The average molecular weight is 262 g/mol. The third-order valence-corrected chi connectivity index (χ3v) is 4.25. The SMILES string of the molecule is CC(CO)CCCCSCCCCC(C)CO. The third kappa shape index (κ3) is 12.5. The van der Waals surface area contributed by atoms with E-state index in [9.17, 15) is 0 Å². The molecule has 0 fully saturated rings. The molecule has 0 bridgehead atoms. The second-order valence-corrected chi connectivity index (χ2v) is 6.40. The van der Waals surface area contributed by atoms with Crippen LogP contribution in [0.2, 0.25) is 0 Å². The first-order valence-corrected chi connectivity index (χ1v) is 8.15. The van der Waals surface area contributed by atoms with Gasteiger partial charge < -0.3 is 10.2 Å². The van der Waals surface area contributed by atoms with Crippen molar-refractivity contribution in [1.82, 2.24) is 0 Å². The van der Waals surface area contributed by atoms with Gasteiger partial charge in [-0.2, -0.15) is 11.8 Å². The minimum absolute atomic E-state index is 0.330. The Balaban J connectivity index is 3.04. The van der Waals surface area contributed by atoms with Crippen LogP contribution in [0, 0.1) is 11.8 Å². The Labute approximate surface area is 111 Å². The van der Waals surface area contributed by atoms with Gasteiger partial charge in [0.15, 0.2) is 0 Å². The van der Waals surface area contributed by atoms with Gasteiger partial charge in [-0.15, -0.1) is 0 Å². The number of hydrogen-bond acceptors (Lipinski definition) is 3. The van der Waals surface area contributed by atoms with Gasteiger partial charge in [-0.1, -0.05) is 26.7 Å². The lowest BCUT2D eigenvalue weighted by atomic mass is 10.1. The Kier molecular flexibility index (Phi) is 12.9. The molecule has 0 heterocycles. The van der Waals surface area contributed by atoms with Gasteiger partial charge in [0.2, 0.25) is 0 Å². The number of aliphatic hydroxyl groups is 2. The smallest absolute Gasteiger partial charge is 0.0456 e. The maximum absolute atomic E-state index is 8.88. The molecule has 2 N–H and O–H groups in total. The van der Waals surface area contributed by atoms with E-state index in [1.165, 1.54) is 37.2 Å². The van der Waals surface area contributed by atoms with Crippen molar-refractivity contribution in [3.05, 3.63) is 0 Å². The first kappa shape index (κ1) is 17.3. The molecule has 0 amide bonds. The lowest BCUT2D eigenvalue weighted by Gasteiger charge is -2.08. The highest BCUT2D eigenvalue weighted by Gasteiger charge is 2.00. The van der Waals surface area contributed by atoms with E-state index in [1.54, 1.807) is 0 Å². The standard InChI is InChI=1S/C14H30O2S/c1-13(11-15)7-3-5-9-17-10-6-4-8-14(2)12-16/h13-16H,3-12H2,1-2H3. The molecule has 2 atom stereocenters. The normalized spacial score (nSPS) is 14.8. The average Bonchev–Trinajstić information content (AvgIpc) is 2.35. The zero-order valence-electron chi connectivity index (χ0n) is 11.5. The van der Waals surface area contributed by atoms with Crippen molar-refractivity contribution in [1.29, 1.82) is 0 Å². The molecule has 0 aliphatic rings. The van der Waals surface area contributed by atoms with Crippen molar-refractivity contribution >= 4 is 11.8 Å². The quantitative estimate of drug-likeness (QED) is 0.530. The molecule has 3 heteroatoms. The number of hydrogen-bond donors (Lipinski definition) is 2. The van der Waals surface area contributed by atoms with Gasteiger partial charge in [-0.25, -0.2) is 0 Å². The lowest BCUT2D eigenvalue weighted by Crippen LogP contribution is -2.00. The second kappa shape index (κ2) is 12.7. The maximum Gasteiger partial charge on any atom is 0.0456 e. The van der Waals surface area contributed by atoms with Crippen LogP contribution >= 0.6 is 11.8 Å². The van der Waals surface area contributed by atoms with Crippen LogP contribution in [-0.4, -0.2) is 34.9 Å². The van der Waals surface area contributed by atoms with E-state index in [-0.39, 0.29) is 0 Å². The Morgan fingerprint density at radius 1 is 0.765 bits per heavy atom. The largest absolute Gasteiger partial charge is 0.396 e. The molecular formula is C14H30O2S. The van der Waals surface area contributed by atoms with Crippen LogP contribution in [0.5, 0.6) is 0 Å². The van der Waals surface area contributed by atoms with E-state index < -0.39 is 0 Å². The van der Waals surface area contributed by atoms with Crippen LogP contribution in [0.4, 0.5) is 0 Å². The predicted octanol–water partition coefficient (Wildman–Crippen LogP) is 3.32. The summed E-state index contributed by atoms with van der Waals surface area (Å²) in [7, 11) is 0.